The van der Waals surface area contributed by atoms with E-state index in [0.717, 1.165) is 30.5 Å². The zero-order valence-corrected chi connectivity index (χ0v) is 19.4. The van der Waals surface area contributed by atoms with E-state index in [-0.39, 0.29) is 33.8 Å². The third-order valence-electron chi connectivity index (χ3n) is 5.81. The highest BCUT2D eigenvalue weighted by Crippen LogP contribution is 2.41. The molecule has 7 heteroatoms. The molecule has 4 rings (SSSR count). The van der Waals surface area contributed by atoms with Gasteiger partial charge in [0.05, 0.1) is 11.7 Å². The summed E-state index contributed by atoms with van der Waals surface area (Å²) in [4.78, 5) is 27.8. The highest BCUT2D eigenvalue weighted by atomic mass is 32.2. The van der Waals surface area contributed by atoms with Crippen molar-refractivity contribution in [1.29, 1.82) is 0 Å². The van der Waals surface area contributed by atoms with Crippen molar-refractivity contribution >= 4 is 40.3 Å². The second-order valence-corrected chi connectivity index (χ2v) is 10.5. The number of halogens is 1. The monoisotopic (exact) mass is 458 g/mol. The zero-order valence-electron chi connectivity index (χ0n) is 17.8. The van der Waals surface area contributed by atoms with Crippen molar-refractivity contribution in [2.24, 2.45) is 11.8 Å². The summed E-state index contributed by atoms with van der Waals surface area (Å²) in [5, 5.41) is 2.14. The first-order chi connectivity index (χ1) is 14.9. The molecule has 4 nitrogen and oxygen atoms in total. The van der Waals surface area contributed by atoms with Crippen LogP contribution < -0.4 is 0 Å². The number of carbonyl (C=O) groups excluding carboxylic acids is 2. The molecule has 0 amide bonds. The third kappa shape index (κ3) is 5.33. The van der Waals surface area contributed by atoms with Crippen molar-refractivity contribution in [3.63, 3.8) is 0 Å². The Balaban J connectivity index is 1.64. The number of aromatic nitrogens is 1. The van der Waals surface area contributed by atoms with Crippen molar-refractivity contribution in [3.05, 3.63) is 58.4 Å². The summed E-state index contributed by atoms with van der Waals surface area (Å²) in [5.74, 6) is -0.225. The molecule has 2 atom stereocenters. The average molecular weight is 459 g/mol. The lowest BCUT2D eigenvalue weighted by atomic mass is 9.93. The lowest BCUT2D eigenvalue weighted by Gasteiger charge is -2.38. The number of ketones is 1. The maximum Gasteiger partial charge on any atom is 0.192 e. The Morgan fingerprint density at radius 2 is 2.00 bits per heavy atom. The summed E-state index contributed by atoms with van der Waals surface area (Å²) in [6.45, 7) is 5.00. The lowest BCUT2D eigenvalue weighted by Crippen LogP contribution is -2.43. The minimum atomic E-state index is -0.584. The van der Waals surface area contributed by atoms with E-state index in [9.17, 15) is 14.0 Å². The Bertz CT molecular complexity index is 970. The van der Waals surface area contributed by atoms with Crippen LogP contribution in [-0.4, -0.2) is 38.5 Å². The summed E-state index contributed by atoms with van der Waals surface area (Å²) in [7, 11) is 0. The average Bonchev–Trinajstić information content (AvgIpc) is 3.48. The summed E-state index contributed by atoms with van der Waals surface area (Å²) in [6, 6.07) is 7.98. The molecule has 1 aromatic carbocycles. The molecule has 31 heavy (non-hydrogen) atoms. The highest BCUT2D eigenvalue weighted by Gasteiger charge is 2.41. The standard InChI is InChI=1S/C24H27FN2O2S2/c1-15(2)24(29)31-21-9-11-27(14-17(21)13-18-10-12-30-26-18)22(23(28)16-7-8-16)19-5-3-4-6-20(19)25/h3-6,10,12-13,15-16,21-22H,7-9,11,14H2,1-2H3. The van der Waals surface area contributed by atoms with Gasteiger partial charge in [-0.1, -0.05) is 43.8 Å². The molecule has 0 bridgehead atoms. The number of rotatable bonds is 7. The molecule has 0 N–H and O–H groups in total. The zero-order chi connectivity index (χ0) is 22.0. The number of carbonyl (C=O) groups is 2. The van der Waals surface area contributed by atoms with Crippen LogP contribution in [-0.2, 0) is 9.59 Å². The Morgan fingerprint density at radius 1 is 1.23 bits per heavy atom. The highest BCUT2D eigenvalue weighted by molar-refractivity contribution is 8.14. The van der Waals surface area contributed by atoms with Crippen molar-refractivity contribution in [2.75, 3.05) is 13.1 Å². The fourth-order valence-electron chi connectivity index (χ4n) is 3.96. The summed E-state index contributed by atoms with van der Waals surface area (Å²) >= 11 is 2.77. The van der Waals surface area contributed by atoms with Crippen LogP contribution in [0.2, 0.25) is 0 Å². The van der Waals surface area contributed by atoms with Gasteiger partial charge >= 0.3 is 0 Å². The van der Waals surface area contributed by atoms with E-state index in [4.69, 9.17) is 0 Å². The molecule has 1 saturated carbocycles. The van der Waals surface area contributed by atoms with E-state index in [1.54, 1.807) is 18.2 Å². The van der Waals surface area contributed by atoms with Gasteiger partial charge in [0.25, 0.3) is 0 Å². The number of Topliss-reactive ketones (excluding diaryl/α,β-unsaturated/α-hetero) is 1. The van der Waals surface area contributed by atoms with E-state index in [1.807, 2.05) is 31.4 Å². The topological polar surface area (TPSA) is 50.3 Å². The van der Waals surface area contributed by atoms with Crippen molar-refractivity contribution in [2.45, 2.75) is 44.4 Å². The Morgan fingerprint density at radius 3 is 2.65 bits per heavy atom. The molecule has 0 spiro atoms. The van der Waals surface area contributed by atoms with E-state index in [2.05, 4.69) is 9.27 Å². The molecule has 1 aliphatic carbocycles. The maximum absolute atomic E-state index is 14.7. The maximum atomic E-state index is 14.7. The van der Waals surface area contributed by atoms with E-state index in [0.29, 0.717) is 18.7 Å². The fraction of sp³-hybridized carbons (Fsp3) is 0.458. The molecule has 2 heterocycles. The van der Waals surface area contributed by atoms with E-state index >= 15 is 0 Å². The molecule has 2 aliphatic rings. The van der Waals surface area contributed by atoms with Gasteiger partial charge in [0.2, 0.25) is 0 Å². The largest absolute Gasteiger partial charge is 0.297 e. The van der Waals surface area contributed by atoms with Crippen molar-refractivity contribution in [1.82, 2.24) is 9.27 Å². The van der Waals surface area contributed by atoms with Gasteiger partial charge in [0.1, 0.15) is 5.82 Å². The quantitative estimate of drug-likeness (QED) is 0.558. The molecule has 1 aliphatic heterocycles. The second-order valence-electron chi connectivity index (χ2n) is 8.58. The first-order valence-electron chi connectivity index (χ1n) is 10.8. The van der Waals surface area contributed by atoms with Gasteiger partial charge < -0.3 is 0 Å². The van der Waals surface area contributed by atoms with Gasteiger partial charge in [0.15, 0.2) is 10.9 Å². The van der Waals surface area contributed by atoms with E-state index < -0.39 is 6.04 Å². The SMILES string of the molecule is CC(C)C(=O)SC1CCN(C(C(=O)C2CC2)c2ccccc2F)CC1=Cc1ccsn1. The minimum absolute atomic E-state index is 0.0326. The second kappa shape index (κ2) is 9.76. The fourth-order valence-corrected chi connectivity index (χ4v) is 5.52. The first kappa shape index (κ1) is 22.4. The number of thioether (sulfide) groups is 1. The Hall–Kier alpha value is -1.83. The summed E-state index contributed by atoms with van der Waals surface area (Å²) < 4.78 is 19.1. The van der Waals surface area contributed by atoms with Crippen LogP contribution in [0.1, 0.15) is 50.4 Å². The molecular formula is C24H27FN2O2S2. The number of piperidine rings is 1. The predicted molar refractivity (Wildman–Crippen MR) is 124 cm³/mol. The normalized spacial score (nSPS) is 22.1. The van der Waals surface area contributed by atoms with Gasteiger partial charge in [-0.05, 0) is 54.6 Å². The summed E-state index contributed by atoms with van der Waals surface area (Å²) in [6.07, 6.45) is 4.55. The van der Waals surface area contributed by atoms with Crippen LogP contribution in [0.4, 0.5) is 4.39 Å². The summed E-state index contributed by atoms with van der Waals surface area (Å²) in [5.41, 5.74) is 2.39. The third-order valence-corrected chi connectivity index (χ3v) is 7.91. The molecule has 1 aromatic heterocycles. The van der Waals surface area contributed by atoms with Crippen molar-refractivity contribution < 1.29 is 14.0 Å². The molecular weight excluding hydrogens is 431 g/mol. The number of hydrogen-bond acceptors (Lipinski definition) is 6. The van der Waals surface area contributed by atoms with Crippen LogP contribution in [0.3, 0.4) is 0 Å². The number of benzene rings is 1. The molecule has 2 unspecified atom stereocenters. The predicted octanol–water partition coefficient (Wildman–Crippen LogP) is 5.38. The molecule has 0 radical (unpaired) electrons. The molecule has 164 valence electrons. The van der Waals surface area contributed by atoms with Gasteiger partial charge in [-0.2, -0.15) is 4.37 Å². The van der Waals surface area contributed by atoms with Crippen LogP contribution in [0.5, 0.6) is 0 Å². The van der Waals surface area contributed by atoms with Crippen LogP contribution >= 0.6 is 23.3 Å². The van der Waals surface area contributed by atoms with Crippen LogP contribution in [0.15, 0.2) is 41.3 Å². The Labute approximate surface area is 191 Å². The van der Waals surface area contributed by atoms with Gasteiger partial charge in [-0.25, -0.2) is 4.39 Å². The van der Waals surface area contributed by atoms with Crippen molar-refractivity contribution in [3.8, 4) is 0 Å². The minimum Gasteiger partial charge on any atom is -0.297 e. The van der Waals surface area contributed by atoms with Crippen LogP contribution in [0, 0.1) is 17.7 Å². The van der Waals surface area contributed by atoms with Crippen LogP contribution in [0.25, 0.3) is 6.08 Å². The smallest absolute Gasteiger partial charge is 0.192 e. The molecule has 2 aromatic rings. The number of likely N-dealkylation sites (tertiary alicyclic amines) is 1. The number of nitrogens with zero attached hydrogens (tertiary/aromatic N) is 2. The Kier molecular flexibility index (Phi) is 7.04. The molecule has 2 fully saturated rings. The van der Waals surface area contributed by atoms with Gasteiger partial charge in [0, 0.05) is 41.1 Å². The molecule has 1 saturated heterocycles. The number of hydrogen-bond donors (Lipinski definition) is 0. The van der Waals surface area contributed by atoms with Gasteiger partial charge in [-0.3, -0.25) is 14.5 Å². The lowest BCUT2D eigenvalue weighted by molar-refractivity contribution is -0.126. The van der Waals surface area contributed by atoms with Gasteiger partial charge in [-0.15, -0.1) is 0 Å². The van der Waals surface area contributed by atoms with E-state index in [1.165, 1.54) is 29.4 Å². The first-order valence-corrected chi connectivity index (χ1v) is 12.5.